The van der Waals surface area contributed by atoms with E-state index in [0.29, 0.717) is 13.2 Å². The van der Waals surface area contributed by atoms with Crippen molar-refractivity contribution in [1.82, 2.24) is 0 Å². The lowest BCUT2D eigenvalue weighted by Crippen LogP contribution is -2.38. The molecule has 0 spiro atoms. The molecule has 0 unspecified atom stereocenters. The van der Waals surface area contributed by atoms with Crippen LogP contribution in [0.1, 0.15) is 24.0 Å². The average Bonchev–Trinajstić information content (AvgIpc) is 3.07. The molecule has 27 heavy (non-hydrogen) atoms. The van der Waals surface area contributed by atoms with Crippen molar-refractivity contribution >= 4 is 0 Å². The predicted octanol–water partition coefficient (Wildman–Crippen LogP) is 4.49. The molecule has 0 bridgehead atoms. The minimum atomic E-state index is -0.440. The molecule has 0 N–H and O–H groups in total. The molecule has 0 saturated carbocycles. The molecule has 1 fully saturated rings. The summed E-state index contributed by atoms with van der Waals surface area (Å²) in [4.78, 5) is 0. The van der Waals surface area contributed by atoms with Gasteiger partial charge in [0, 0.05) is 7.11 Å². The van der Waals surface area contributed by atoms with Crippen molar-refractivity contribution in [1.29, 1.82) is 0 Å². The van der Waals surface area contributed by atoms with Crippen LogP contribution in [-0.2, 0) is 32.2 Å². The van der Waals surface area contributed by atoms with E-state index in [4.69, 9.17) is 18.9 Å². The van der Waals surface area contributed by atoms with Gasteiger partial charge in [-0.25, -0.2) is 0 Å². The van der Waals surface area contributed by atoms with E-state index in [-0.39, 0.29) is 18.3 Å². The van der Waals surface area contributed by atoms with E-state index in [0.717, 1.165) is 24.0 Å². The highest BCUT2D eigenvalue weighted by Gasteiger charge is 2.46. The standard InChI is InChI=1S/C23H28O4/c1-3-4-15-20-21(25-16-18-11-7-5-8-12-18)22(23(24-2)27-20)26-17-19-13-9-6-10-14-19/h3,5-14,20-23H,1,4,15-17H2,2H3/t20-,21+,22-,23-/m1/s1. The summed E-state index contributed by atoms with van der Waals surface area (Å²) in [6.07, 6.45) is 2.58. The summed E-state index contributed by atoms with van der Waals surface area (Å²) in [6, 6.07) is 20.3. The highest BCUT2D eigenvalue weighted by atomic mass is 16.7. The average molecular weight is 368 g/mol. The Morgan fingerprint density at radius 2 is 1.44 bits per heavy atom. The van der Waals surface area contributed by atoms with E-state index < -0.39 is 6.29 Å². The van der Waals surface area contributed by atoms with Gasteiger partial charge in [-0.1, -0.05) is 66.7 Å². The van der Waals surface area contributed by atoms with Crippen LogP contribution in [0.3, 0.4) is 0 Å². The van der Waals surface area contributed by atoms with Crippen molar-refractivity contribution in [3.05, 3.63) is 84.4 Å². The van der Waals surface area contributed by atoms with Gasteiger partial charge in [0.2, 0.25) is 0 Å². The van der Waals surface area contributed by atoms with Gasteiger partial charge in [-0.3, -0.25) is 0 Å². The Labute approximate surface area is 161 Å². The Kier molecular flexibility index (Phi) is 7.60. The Morgan fingerprint density at radius 1 is 0.889 bits per heavy atom. The fourth-order valence-electron chi connectivity index (χ4n) is 3.31. The SMILES string of the molecule is C=CCC[C@H]1O[C@@H](OC)[C@H](OCc2ccccc2)[C@H]1OCc1ccccc1. The molecule has 0 aromatic heterocycles. The highest BCUT2D eigenvalue weighted by Crippen LogP contribution is 2.31. The first-order chi connectivity index (χ1) is 13.3. The van der Waals surface area contributed by atoms with Gasteiger partial charge in [0.15, 0.2) is 6.29 Å². The fourth-order valence-corrected chi connectivity index (χ4v) is 3.31. The summed E-state index contributed by atoms with van der Waals surface area (Å²) < 4.78 is 24.1. The zero-order valence-electron chi connectivity index (χ0n) is 15.8. The highest BCUT2D eigenvalue weighted by molar-refractivity contribution is 5.14. The Morgan fingerprint density at radius 3 is 1.96 bits per heavy atom. The molecule has 0 radical (unpaired) electrons. The zero-order chi connectivity index (χ0) is 18.9. The molecule has 1 heterocycles. The number of methoxy groups -OCH3 is 1. The smallest absolute Gasteiger partial charge is 0.186 e. The molecule has 2 aromatic rings. The second-order valence-corrected chi connectivity index (χ2v) is 6.67. The van der Waals surface area contributed by atoms with Gasteiger partial charge in [-0.15, -0.1) is 6.58 Å². The van der Waals surface area contributed by atoms with E-state index in [9.17, 15) is 0 Å². The first-order valence-corrected chi connectivity index (χ1v) is 9.42. The van der Waals surface area contributed by atoms with E-state index in [1.54, 1.807) is 7.11 Å². The largest absolute Gasteiger partial charge is 0.368 e. The van der Waals surface area contributed by atoms with Crippen molar-refractivity contribution in [2.24, 2.45) is 0 Å². The van der Waals surface area contributed by atoms with Crippen molar-refractivity contribution in [2.75, 3.05) is 7.11 Å². The van der Waals surface area contributed by atoms with Gasteiger partial charge in [-0.2, -0.15) is 0 Å². The van der Waals surface area contributed by atoms with Gasteiger partial charge in [0.05, 0.1) is 19.3 Å². The van der Waals surface area contributed by atoms with E-state index in [2.05, 4.69) is 18.7 Å². The third-order valence-corrected chi connectivity index (χ3v) is 4.73. The van der Waals surface area contributed by atoms with Crippen molar-refractivity contribution in [2.45, 2.75) is 50.7 Å². The summed E-state index contributed by atoms with van der Waals surface area (Å²) in [5.74, 6) is 0. The molecular formula is C23H28O4. The zero-order valence-corrected chi connectivity index (χ0v) is 15.8. The van der Waals surface area contributed by atoms with Crippen LogP contribution in [0.4, 0.5) is 0 Å². The summed E-state index contributed by atoms with van der Waals surface area (Å²) >= 11 is 0. The second kappa shape index (κ2) is 10.4. The predicted molar refractivity (Wildman–Crippen MR) is 105 cm³/mol. The van der Waals surface area contributed by atoms with E-state index in [1.165, 1.54) is 0 Å². The molecule has 1 saturated heterocycles. The maximum atomic E-state index is 6.27. The molecule has 1 aliphatic heterocycles. The topological polar surface area (TPSA) is 36.9 Å². The Balaban J connectivity index is 1.69. The molecule has 4 heteroatoms. The number of hydrogen-bond donors (Lipinski definition) is 0. The second-order valence-electron chi connectivity index (χ2n) is 6.67. The molecule has 2 aromatic carbocycles. The minimum Gasteiger partial charge on any atom is -0.368 e. The monoisotopic (exact) mass is 368 g/mol. The van der Waals surface area contributed by atoms with Crippen LogP contribution in [-0.4, -0.2) is 31.7 Å². The van der Waals surface area contributed by atoms with Crippen LogP contribution in [0.5, 0.6) is 0 Å². The molecule has 144 valence electrons. The lowest BCUT2D eigenvalue weighted by atomic mass is 10.1. The number of hydrogen-bond acceptors (Lipinski definition) is 4. The quantitative estimate of drug-likeness (QED) is 0.579. The third kappa shape index (κ3) is 5.50. The minimum absolute atomic E-state index is 0.0857. The Hall–Kier alpha value is -1.98. The number of ether oxygens (including phenoxy) is 4. The van der Waals surface area contributed by atoms with Gasteiger partial charge >= 0.3 is 0 Å². The Bertz CT molecular complexity index is 673. The number of allylic oxidation sites excluding steroid dienone is 1. The summed E-state index contributed by atoms with van der Waals surface area (Å²) in [7, 11) is 1.65. The van der Waals surface area contributed by atoms with Crippen LogP contribution in [0, 0.1) is 0 Å². The number of rotatable bonds is 10. The lowest BCUT2D eigenvalue weighted by Gasteiger charge is -2.24. The van der Waals surface area contributed by atoms with Crippen LogP contribution in [0.2, 0.25) is 0 Å². The van der Waals surface area contributed by atoms with Gasteiger partial charge < -0.3 is 18.9 Å². The first-order valence-electron chi connectivity index (χ1n) is 9.42. The molecule has 1 aliphatic rings. The van der Waals surface area contributed by atoms with E-state index in [1.807, 2.05) is 54.6 Å². The maximum absolute atomic E-state index is 6.27. The van der Waals surface area contributed by atoms with Crippen molar-refractivity contribution in [3.8, 4) is 0 Å². The lowest BCUT2D eigenvalue weighted by molar-refractivity contribution is -0.167. The normalized spacial score (nSPS) is 24.8. The maximum Gasteiger partial charge on any atom is 0.186 e. The summed E-state index contributed by atoms with van der Waals surface area (Å²) in [5.41, 5.74) is 2.24. The van der Waals surface area contributed by atoms with E-state index >= 15 is 0 Å². The first kappa shape index (κ1) is 19.8. The molecule has 4 atom stereocenters. The van der Waals surface area contributed by atoms with Crippen LogP contribution < -0.4 is 0 Å². The molecule has 3 rings (SSSR count). The van der Waals surface area contributed by atoms with Crippen molar-refractivity contribution < 1.29 is 18.9 Å². The van der Waals surface area contributed by atoms with Crippen molar-refractivity contribution in [3.63, 3.8) is 0 Å². The fraction of sp³-hybridized carbons (Fsp3) is 0.391. The summed E-state index contributed by atoms with van der Waals surface area (Å²) in [6.45, 7) is 4.82. The van der Waals surface area contributed by atoms with Crippen LogP contribution >= 0.6 is 0 Å². The molecule has 0 aliphatic carbocycles. The van der Waals surface area contributed by atoms with Crippen LogP contribution in [0.15, 0.2) is 73.3 Å². The molecule has 0 amide bonds. The number of benzene rings is 2. The van der Waals surface area contributed by atoms with Gasteiger partial charge in [-0.05, 0) is 24.0 Å². The molecule has 4 nitrogen and oxygen atoms in total. The molecular weight excluding hydrogens is 340 g/mol. The third-order valence-electron chi connectivity index (χ3n) is 4.73. The van der Waals surface area contributed by atoms with Gasteiger partial charge in [0.1, 0.15) is 12.2 Å². The van der Waals surface area contributed by atoms with Crippen LogP contribution in [0.25, 0.3) is 0 Å². The van der Waals surface area contributed by atoms with Gasteiger partial charge in [0.25, 0.3) is 0 Å². The summed E-state index contributed by atoms with van der Waals surface area (Å²) in [5, 5.41) is 0.